The number of halogens is 2. The van der Waals surface area contributed by atoms with Crippen LogP contribution in [0.1, 0.15) is 59.0 Å². The van der Waals surface area contributed by atoms with E-state index in [9.17, 15) is 27.7 Å². The van der Waals surface area contributed by atoms with E-state index in [-0.39, 0.29) is 34.0 Å². The lowest BCUT2D eigenvalue weighted by Gasteiger charge is -2.42. The number of aromatic amines is 1. The molecule has 3 amide bonds. The fourth-order valence-corrected chi connectivity index (χ4v) is 8.34. The second-order valence-corrected chi connectivity index (χ2v) is 14.9. The topological polar surface area (TPSA) is 156 Å². The highest BCUT2D eigenvalue weighted by molar-refractivity contribution is 7.52. The number of amides is 3. The van der Waals surface area contributed by atoms with Gasteiger partial charge >= 0.3 is 13.3 Å². The Morgan fingerprint density at radius 1 is 1.12 bits per heavy atom. The summed E-state index contributed by atoms with van der Waals surface area (Å²) in [6.07, 6.45) is 7.05. The van der Waals surface area contributed by atoms with Gasteiger partial charge in [0.1, 0.15) is 12.1 Å². The highest BCUT2D eigenvalue weighted by atomic mass is 32.1. The molecule has 3 aliphatic heterocycles. The van der Waals surface area contributed by atoms with Crippen molar-refractivity contribution in [2.24, 2.45) is 11.8 Å². The number of hydrogen-bond donors (Lipinski definition) is 4. The molecule has 0 spiro atoms. The van der Waals surface area contributed by atoms with Gasteiger partial charge in [-0.3, -0.25) is 18.9 Å². The minimum absolute atomic E-state index is 0.0574. The van der Waals surface area contributed by atoms with Crippen LogP contribution >= 0.6 is 18.9 Å². The van der Waals surface area contributed by atoms with Gasteiger partial charge in [0.05, 0.1) is 16.9 Å². The van der Waals surface area contributed by atoms with Crippen LogP contribution in [0.4, 0.5) is 8.78 Å². The van der Waals surface area contributed by atoms with E-state index in [0.29, 0.717) is 42.5 Å². The maximum Gasteiger partial charge on any atom is 0.399 e. The third-order valence-electron chi connectivity index (χ3n) is 9.41. The lowest BCUT2D eigenvalue weighted by Crippen LogP contribution is -2.59. The zero-order chi connectivity index (χ0) is 30.3. The van der Waals surface area contributed by atoms with Crippen molar-refractivity contribution in [1.29, 1.82) is 0 Å². The van der Waals surface area contributed by atoms with Crippen molar-refractivity contribution in [3.05, 3.63) is 52.9 Å². The third-order valence-corrected chi connectivity index (χ3v) is 11.5. The number of likely N-dealkylation sites (tertiary alicyclic amines) is 1. The van der Waals surface area contributed by atoms with Crippen molar-refractivity contribution in [2.75, 3.05) is 13.1 Å². The van der Waals surface area contributed by atoms with E-state index in [4.69, 9.17) is 9.79 Å². The number of hydrogen-bond acceptors (Lipinski definition) is 6. The van der Waals surface area contributed by atoms with Gasteiger partial charge in [0, 0.05) is 41.5 Å². The summed E-state index contributed by atoms with van der Waals surface area (Å²) in [4.78, 5) is 70.0. The Kier molecular flexibility index (Phi) is 6.77. The van der Waals surface area contributed by atoms with E-state index in [1.807, 2.05) is 6.20 Å². The Balaban J connectivity index is 1.08. The quantitative estimate of drug-likeness (QED) is 0.304. The molecule has 4 aliphatic rings. The van der Waals surface area contributed by atoms with Gasteiger partial charge in [0.15, 0.2) is 0 Å². The Hall–Kier alpha value is -3.19. The Bertz CT molecular complexity index is 1650. The normalized spacial score (nSPS) is 27.7. The molecule has 3 aromatic rings. The van der Waals surface area contributed by atoms with Crippen molar-refractivity contribution < 1.29 is 37.5 Å². The van der Waals surface area contributed by atoms with Crippen LogP contribution in [0, 0.1) is 11.8 Å². The van der Waals surface area contributed by atoms with E-state index in [1.54, 1.807) is 16.1 Å². The molecule has 43 heavy (non-hydrogen) atoms. The first-order chi connectivity index (χ1) is 20.4. The molecule has 2 aromatic heterocycles. The zero-order valence-corrected chi connectivity index (χ0v) is 24.6. The van der Waals surface area contributed by atoms with Crippen molar-refractivity contribution in [3.63, 3.8) is 0 Å². The minimum Gasteiger partial charge on any atom is -0.351 e. The number of alkyl halides is 2. The summed E-state index contributed by atoms with van der Waals surface area (Å²) in [5.74, 6) is 0.0388. The lowest BCUT2D eigenvalue weighted by molar-refractivity contribution is -0.149. The van der Waals surface area contributed by atoms with Crippen molar-refractivity contribution in [3.8, 4) is 0 Å². The first kappa shape index (κ1) is 28.6. The van der Waals surface area contributed by atoms with Crippen LogP contribution in [0.3, 0.4) is 0 Å². The number of H-pyrrole nitrogens is 1. The lowest BCUT2D eigenvalue weighted by atomic mass is 9.95. The molecule has 1 aromatic carbocycles. The molecule has 0 bridgehead atoms. The van der Waals surface area contributed by atoms with Crippen LogP contribution < -0.4 is 5.32 Å². The van der Waals surface area contributed by atoms with E-state index < -0.39 is 36.8 Å². The molecule has 4 N–H and O–H groups in total. The molecule has 0 radical (unpaired) electrons. The van der Waals surface area contributed by atoms with Crippen molar-refractivity contribution >= 4 is 46.7 Å². The number of aromatic nitrogens is 2. The van der Waals surface area contributed by atoms with Crippen LogP contribution in [0.15, 0.2) is 36.8 Å². The van der Waals surface area contributed by atoms with Crippen LogP contribution in [-0.4, -0.2) is 78.5 Å². The molecular formula is C28H30F2N5O6PS. The van der Waals surface area contributed by atoms with Gasteiger partial charge in [-0.1, -0.05) is 6.07 Å². The van der Waals surface area contributed by atoms with Crippen LogP contribution in [0.5, 0.6) is 0 Å². The number of carbonyl (C=O) groups is 3. The summed E-state index contributed by atoms with van der Waals surface area (Å²) in [6, 6.07) is 3.12. The van der Waals surface area contributed by atoms with Gasteiger partial charge in [0.2, 0.25) is 11.8 Å². The fraction of sp³-hybridized carbons (Fsp3) is 0.500. The summed E-state index contributed by atoms with van der Waals surface area (Å²) < 4.78 is 40.3. The molecule has 1 saturated carbocycles. The number of fused-ring (bicyclic) bond motifs is 3. The fourth-order valence-electron chi connectivity index (χ4n) is 6.92. The van der Waals surface area contributed by atoms with Crippen LogP contribution in [0.2, 0.25) is 0 Å². The first-order valence-corrected chi connectivity index (χ1v) is 16.7. The third kappa shape index (κ3) is 4.98. The number of imidazole rings is 1. The molecular weight excluding hydrogens is 603 g/mol. The number of rotatable bonds is 6. The van der Waals surface area contributed by atoms with Gasteiger partial charge in [0.25, 0.3) is 5.91 Å². The average molecular weight is 634 g/mol. The van der Waals surface area contributed by atoms with Crippen LogP contribution in [0.25, 0.3) is 10.1 Å². The predicted molar refractivity (Wildman–Crippen MR) is 151 cm³/mol. The van der Waals surface area contributed by atoms with E-state index in [0.717, 1.165) is 48.4 Å². The molecule has 11 nitrogen and oxygen atoms in total. The maximum atomic E-state index is 14.3. The number of nitrogens with zero attached hydrogens (tertiary/aromatic N) is 3. The predicted octanol–water partition coefficient (Wildman–Crippen LogP) is 3.37. The second kappa shape index (κ2) is 10.2. The van der Waals surface area contributed by atoms with E-state index in [2.05, 4.69) is 15.3 Å². The van der Waals surface area contributed by atoms with Gasteiger partial charge < -0.3 is 29.9 Å². The number of thiophene rings is 1. The molecule has 1 aliphatic carbocycles. The molecule has 15 heteroatoms. The smallest absolute Gasteiger partial charge is 0.351 e. The second-order valence-electron chi connectivity index (χ2n) is 12.1. The molecule has 7 rings (SSSR count). The van der Waals surface area contributed by atoms with Gasteiger partial charge in [-0.2, -0.15) is 8.78 Å². The van der Waals surface area contributed by atoms with E-state index >= 15 is 0 Å². The molecule has 5 atom stereocenters. The highest BCUT2D eigenvalue weighted by Crippen LogP contribution is 2.59. The van der Waals surface area contributed by atoms with Gasteiger partial charge in [-0.05, 0) is 67.5 Å². The summed E-state index contributed by atoms with van der Waals surface area (Å²) in [5, 5.41) is 3.10. The van der Waals surface area contributed by atoms with E-state index in [1.165, 1.54) is 12.1 Å². The largest absolute Gasteiger partial charge is 0.399 e. The minimum atomic E-state index is -5.74. The van der Waals surface area contributed by atoms with Gasteiger partial charge in [-0.25, -0.2) is 4.98 Å². The Morgan fingerprint density at radius 2 is 1.88 bits per heavy atom. The summed E-state index contributed by atoms with van der Waals surface area (Å²) in [7, 11) is -5.74. The number of benzene rings is 1. The maximum absolute atomic E-state index is 14.3. The van der Waals surface area contributed by atoms with Crippen molar-refractivity contribution in [2.45, 2.75) is 61.8 Å². The van der Waals surface area contributed by atoms with Crippen LogP contribution in [-0.2, 0) is 19.8 Å². The standard InChI is InChI=1S/C28H30F2N5O6PS/c29-28(30,42(39,40)41)18-1-4-23-16(6-18)9-24(43-23)25(36)33-20-8-15-5-14(15)7-19-2-3-22(35(19)26(20)37)27(38)34-11-17(12-34)21-10-31-13-32-21/h1,4,6,9-10,13-15,17,19-20,22H,2-3,5,7-8,11-12H2,(H,31,32)(H,33,36)(H2,39,40,41)/t14-,15+,19+,20-,22-/m0/s1. The SMILES string of the molecule is O=C(N[C@H]1C[C@H]2C[C@H]2C[C@H]2CC[C@@H](C(=O)N3CC(c4c[nH]cn4)C3)N2C1=O)c1cc2cc(C(F)(F)P(=O)(O)O)ccc2s1. The Labute approximate surface area is 248 Å². The number of nitrogens with one attached hydrogen (secondary N) is 2. The summed E-state index contributed by atoms with van der Waals surface area (Å²) in [5.41, 5.74) is -4.30. The van der Waals surface area contributed by atoms with Crippen molar-refractivity contribution in [1.82, 2.24) is 25.1 Å². The first-order valence-electron chi connectivity index (χ1n) is 14.3. The molecule has 0 unspecified atom stereocenters. The average Bonchev–Trinajstić information content (AvgIpc) is 3.34. The Morgan fingerprint density at radius 3 is 2.60 bits per heavy atom. The number of carbonyl (C=O) groups excluding carboxylic acids is 3. The molecule has 3 saturated heterocycles. The summed E-state index contributed by atoms with van der Waals surface area (Å²) in [6.45, 7) is 1.09. The zero-order valence-electron chi connectivity index (χ0n) is 22.9. The molecule has 4 fully saturated rings. The monoisotopic (exact) mass is 633 g/mol. The highest BCUT2D eigenvalue weighted by Gasteiger charge is 2.53. The molecule has 228 valence electrons. The summed E-state index contributed by atoms with van der Waals surface area (Å²) >= 11 is 1.04. The molecule has 5 heterocycles. The van der Waals surface area contributed by atoms with Gasteiger partial charge in [-0.15, -0.1) is 11.3 Å².